The summed E-state index contributed by atoms with van der Waals surface area (Å²) in [5, 5.41) is 2.94. The number of hydrogen-bond acceptors (Lipinski definition) is 4. The lowest BCUT2D eigenvalue weighted by atomic mass is 10.0. The molecule has 2 aromatic rings. The Balaban J connectivity index is 2.40. The van der Waals surface area contributed by atoms with Crippen molar-refractivity contribution in [3.05, 3.63) is 53.1 Å². The van der Waals surface area contributed by atoms with E-state index in [1.807, 2.05) is 39.8 Å². The van der Waals surface area contributed by atoms with Gasteiger partial charge in [-0.25, -0.2) is 8.42 Å². The van der Waals surface area contributed by atoms with Gasteiger partial charge in [0, 0.05) is 5.69 Å². The quantitative estimate of drug-likeness (QED) is 0.697. The number of benzene rings is 2. The molecule has 158 valence electrons. The highest BCUT2D eigenvalue weighted by Crippen LogP contribution is 2.27. The molecule has 0 aliphatic heterocycles. The van der Waals surface area contributed by atoms with Gasteiger partial charge < -0.3 is 10.1 Å². The molecule has 0 spiro atoms. The van der Waals surface area contributed by atoms with Gasteiger partial charge in [-0.05, 0) is 69.5 Å². The molecule has 2 aromatic carbocycles. The molecule has 0 aliphatic carbocycles. The molecular weight excluding hydrogens is 388 g/mol. The van der Waals surface area contributed by atoms with Crippen LogP contribution in [0.3, 0.4) is 0 Å². The maximum atomic E-state index is 13.1. The molecule has 6 nitrogen and oxygen atoms in total. The zero-order chi connectivity index (χ0) is 21.8. The Labute approximate surface area is 173 Å². The minimum atomic E-state index is -3.69. The summed E-state index contributed by atoms with van der Waals surface area (Å²) >= 11 is 0. The monoisotopic (exact) mass is 418 g/mol. The van der Waals surface area contributed by atoms with Crippen molar-refractivity contribution >= 4 is 27.3 Å². The summed E-state index contributed by atoms with van der Waals surface area (Å²) in [6.07, 6.45) is 1.44. The number of sulfonamides is 1. The fourth-order valence-electron chi connectivity index (χ4n) is 3.50. The molecule has 0 saturated heterocycles. The molecule has 29 heavy (non-hydrogen) atoms. The van der Waals surface area contributed by atoms with E-state index in [2.05, 4.69) is 5.32 Å². The van der Waals surface area contributed by atoms with Crippen LogP contribution in [-0.4, -0.2) is 33.2 Å². The summed E-state index contributed by atoms with van der Waals surface area (Å²) in [4.78, 5) is 13.1. The van der Waals surface area contributed by atoms with Crippen molar-refractivity contribution in [2.24, 2.45) is 0 Å². The molecule has 2 rings (SSSR count). The molecule has 1 amide bonds. The van der Waals surface area contributed by atoms with Crippen LogP contribution < -0.4 is 14.4 Å². The third-order valence-electron chi connectivity index (χ3n) is 4.66. The average Bonchev–Trinajstić information content (AvgIpc) is 2.62. The van der Waals surface area contributed by atoms with Crippen LogP contribution in [0.1, 0.15) is 37.0 Å². The van der Waals surface area contributed by atoms with E-state index in [0.717, 1.165) is 28.6 Å². The summed E-state index contributed by atoms with van der Waals surface area (Å²) in [7, 11) is -3.69. The minimum Gasteiger partial charge on any atom is -0.494 e. The molecule has 0 bridgehead atoms. The van der Waals surface area contributed by atoms with Crippen LogP contribution in [0.2, 0.25) is 0 Å². The predicted molar refractivity (Wildman–Crippen MR) is 118 cm³/mol. The van der Waals surface area contributed by atoms with Gasteiger partial charge in [0.25, 0.3) is 0 Å². The number of nitrogens with zero attached hydrogens (tertiary/aromatic N) is 1. The van der Waals surface area contributed by atoms with Gasteiger partial charge in [-0.3, -0.25) is 9.10 Å². The molecule has 0 aliphatic rings. The van der Waals surface area contributed by atoms with Crippen molar-refractivity contribution in [3.8, 4) is 5.75 Å². The van der Waals surface area contributed by atoms with Crippen molar-refractivity contribution in [1.29, 1.82) is 0 Å². The second-order valence-electron chi connectivity index (χ2n) is 7.17. The SMILES string of the molecule is CCOc1ccc(N([C@H](CC)C(=O)Nc2c(C)cc(C)cc2C)S(C)(=O)=O)cc1. The highest BCUT2D eigenvalue weighted by atomic mass is 32.2. The zero-order valence-electron chi connectivity index (χ0n) is 17.9. The molecule has 0 saturated carbocycles. The van der Waals surface area contributed by atoms with Gasteiger partial charge in [-0.2, -0.15) is 0 Å². The van der Waals surface area contributed by atoms with E-state index in [4.69, 9.17) is 4.74 Å². The van der Waals surface area contributed by atoms with Gasteiger partial charge >= 0.3 is 0 Å². The molecule has 0 fully saturated rings. The van der Waals surface area contributed by atoms with Gasteiger partial charge in [0.1, 0.15) is 11.8 Å². The van der Waals surface area contributed by atoms with Crippen molar-refractivity contribution < 1.29 is 17.9 Å². The van der Waals surface area contributed by atoms with E-state index in [-0.39, 0.29) is 5.91 Å². The van der Waals surface area contributed by atoms with E-state index < -0.39 is 16.1 Å². The summed E-state index contributed by atoms with van der Waals surface area (Å²) in [5.41, 5.74) is 4.14. The van der Waals surface area contributed by atoms with E-state index in [9.17, 15) is 13.2 Å². The first-order chi connectivity index (χ1) is 13.6. The third-order valence-corrected chi connectivity index (χ3v) is 5.84. The minimum absolute atomic E-state index is 0.329. The van der Waals surface area contributed by atoms with Crippen molar-refractivity contribution in [1.82, 2.24) is 0 Å². The fourth-order valence-corrected chi connectivity index (χ4v) is 4.71. The number of nitrogens with one attached hydrogen (secondary N) is 1. The number of anilines is 2. The van der Waals surface area contributed by atoms with Crippen LogP contribution in [0.15, 0.2) is 36.4 Å². The van der Waals surface area contributed by atoms with Crippen LogP contribution in [0.5, 0.6) is 5.75 Å². The molecule has 0 radical (unpaired) electrons. The second-order valence-corrected chi connectivity index (χ2v) is 9.03. The first kappa shape index (κ1) is 22.7. The van der Waals surface area contributed by atoms with Gasteiger partial charge in [-0.15, -0.1) is 0 Å². The Bertz CT molecular complexity index is 946. The van der Waals surface area contributed by atoms with E-state index in [0.29, 0.717) is 24.5 Å². The maximum Gasteiger partial charge on any atom is 0.248 e. The molecule has 0 unspecified atom stereocenters. The Morgan fingerprint density at radius 2 is 1.62 bits per heavy atom. The number of ether oxygens (including phenoxy) is 1. The maximum absolute atomic E-state index is 13.1. The van der Waals surface area contributed by atoms with E-state index >= 15 is 0 Å². The molecular formula is C22H30N2O4S. The first-order valence-corrected chi connectivity index (χ1v) is 11.5. The Morgan fingerprint density at radius 1 is 1.07 bits per heavy atom. The Morgan fingerprint density at radius 3 is 2.07 bits per heavy atom. The van der Waals surface area contributed by atoms with Crippen molar-refractivity contribution in [3.63, 3.8) is 0 Å². The highest BCUT2D eigenvalue weighted by molar-refractivity contribution is 7.92. The molecule has 0 aromatic heterocycles. The van der Waals surface area contributed by atoms with Crippen LogP contribution in [0.4, 0.5) is 11.4 Å². The zero-order valence-corrected chi connectivity index (χ0v) is 18.8. The lowest BCUT2D eigenvalue weighted by molar-refractivity contribution is -0.117. The number of rotatable bonds is 8. The normalized spacial score (nSPS) is 12.3. The van der Waals surface area contributed by atoms with Crippen LogP contribution >= 0.6 is 0 Å². The molecule has 1 atom stereocenters. The predicted octanol–water partition coefficient (Wildman–Crippen LogP) is 4.19. The Kier molecular flexibility index (Phi) is 7.30. The second kappa shape index (κ2) is 9.31. The van der Waals surface area contributed by atoms with Gasteiger partial charge in [0.05, 0.1) is 18.6 Å². The molecule has 1 N–H and O–H groups in total. The summed E-state index contributed by atoms with van der Waals surface area (Å²) < 4.78 is 31.8. The summed E-state index contributed by atoms with van der Waals surface area (Å²) in [6.45, 7) is 10.0. The summed E-state index contributed by atoms with van der Waals surface area (Å²) in [5.74, 6) is 0.287. The van der Waals surface area contributed by atoms with Gasteiger partial charge in [0.2, 0.25) is 15.9 Å². The van der Waals surface area contributed by atoms with Crippen molar-refractivity contribution in [2.45, 2.75) is 47.1 Å². The Hall–Kier alpha value is -2.54. The number of aryl methyl sites for hydroxylation is 3. The standard InChI is InChI=1S/C22H30N2O4S/c1-7-20(22(25)23-21-16(4)13-15(3)14-17(21)5)24(29(6,26)27)18-9-11-19(12-10-18)28-8-2/h9-14,20H,7-8H2,1-6H3,(H,23,25)/t20-/m1/s1. The first-order valence-electron chi connectivity index (χ1n) is 9.69. The van der Waals surface area contributed by atoms with Crippen LogP contribution in [-0.2, 0) is 14.8 Å². The molecule has 0 heterocycles. The van der Waals surface area contributed by atoms with Crippen LogP contribution in [0, 0.1) is 20.8 Å². The fraction of sp³-hybridized carbons (Fsp3) is 0.409. The van der Waals surface area contributed by atoms with Crippen molar-refractivity contribution in [2.75, 3.05) is 22.5 Å². The van der Waals surface area contributed by atoms with Gasteiger partial charge in [-0.1, -0.05) is 24.6 Å². The number of carbonyl (C=O) groups is 1. The number of hydrogen-bond donors (Lipinski definition) is 1. The number of carbonyl (C=O) groups excluding carboxylic acids is 1. The third kappa shape index (κ3) is 5.50. The highest BCUT2D eigenvalue weighted by Gasteiger charge is 2.32. The lowest BCUT2D eigenvalue weighted by Gasteiger charge is -2.30. The topological polar surface area (TPSA) is 75.7 Å². The van der Waals surface area contributed by atoms with Crippen LogP contribution in [0.25, 0.3) is 0 Å². The van der Waals surface area contributed by atoms with E-state index in [1.54, 1.807) is 31.2 Å². The summed E-state index contributed by atoms with van der Waals surface area (Å²) in [6, 6.07) is 9.83. The lowest BCUT2D eigenvalue weighted by Crippen LogP contribution is -2.47. The largest absolute Gasteiger partial charge is 0.494 e. The van der Waals surface area contributed by atoms with Gasteiger partial charge in [0.15, 0.2) is 0 Å². The smallest absolute Gasteiger partial charge is 0.248 e. The number of amides is 1. The molecule has 7 heteroatoms. The average molecular weight is 419 g/mol. The van der Waals surface area contributed by atoms with E-state index in [1.165, 1.54) is 4.31 Å².